The van der Waals surface area contributed by atoms with Crippen LogP contribution in [-0.4, -0.2) is 32.4 Å². The summed E-state index contributed by atoms with van der Waals surface area (Å²) in [6, 6.07) is 13.8. The highest BCUT2D eigenvalue weighted by molar-refractivity contribution is 14.0. The van der Waals surface area contributed by atoms with Crippen LogP contribution in [0.15, 0.2) is 51.9 Å². The Morgan fingerprint density at radius 1 is 1.19 bits per heavy atom. The highest BCUT2D eigenvalue weighted by Gasteiger charge is 2.27. The second kappa shape index (κ2) is 10.8. The van der Waals surface area contributed by atoms with Crippen LogP contribution in [0, 0.1) is 13.8 Å². The Morgan fingerprint density at radius 2 is 1.90 bits per heavy atom. The van der Waals surface area contributed by atoms with E-state index in [0.717, 1.165) is 23.0 Å². The molecule has 0 saturated carbocycles. The van der Waals surface area contributed by atoms with Gasteiger partial charge in [-0.3, -0.25) is 0 Å². The number of furan rings is 1. The lowest BCUT2D eigenvalue weighted by atomic mass is 10.0. The Kier molecular flexibility index (Phi) is 8.63. The summed E-state index contributed by atoms with van der Waals surface area (Å²) in [4.78, 5) is 4.66. The van der Waals surface area contributed by atoms with E-state index in [1.165, 1.54) is 0 Å². The summed E-state index contributed by atoms with van der Waals surface area (Å²) in [7, 11) is 1.91. The van der Waals surface area contributed by atoms with Crippen molar-refractivity contribution >= 4 is 29.9 Å². The second-order valence-electron chi connectivity index (χ2n) is 7.70. The largest absolute Gasteiger partial charge is 0.463 e. The molecule has 31 heavy (non-hydrogen) atoms. The van der Waals surface area contributed by atoms with E-state index in [1.54, 1.807) is 13.0 Å². The Balaban J connectivity index is 0.00000341. The zero-order valence-corrected chi connectivity index (χ0v) is 20.9. The normalized spacial score (nSPS) is 14.5. The Hall–Kier alpha value is -2.40. The fraction of sp³-hybridized carbons (Fsp3) is 0.409. The standard InChI is InChI=1S/C22H30N6O2.HI/c1-15-11-12-19(30-15)22(4,29)14-24-21(23-13-20-27-26-17(3)28(20)5)25-16(2)18-9-7-6-8-10-18;/h6-12,16,29H,13-14H2,1-5H3,(H2,23,24,25);1H. The second-order valence-corrected chi connectivity index (χ2v) is 7.70. The van der Waals surface area contributed by atoms with Crippen molar-refractivity contribution in [2.45, 2.75) is 45.9 Å². The molecule has 0 radical (unpaired) electrons. The zero-order chi connectivity index (χ0) is 21.7. The Labute approximate surface area is 200 Å². The number of hydrogen-bond donors (Lipinski definition) is 3. The molecule has 2 heterocycles. The summed E-state index contributed by atoms with van der Waals surface area (Å²) in [6.45, 7) is 8.11. The highest BCUT2D eigenvalue weighted by atomic mass is 127. The van der Waals surface area contributed by atoms with Crippen LogP contribution in [0.5, 0.6) is 0 Å². The summed E-state index contributed by atoms with van der Waals surface area (Å²) < 4.78 is 7.51. The van der Waals surface area contributed by atoms with Crippen LogP contribution in [-0.2, 0) is 19.2 Å². The van der Waals surface area contributed by atoms with Crippen LogP contribution in [0.3, 0.4) is 0 Å². The molecule has 0 amide bonds. The number of rotatable bonds is 7. The van der Waals surface area contributed by atoms with E-state index >= 15 is 0 Å². The van der Waals surface area contributed by atoms with Crippen molar-refractivity contribution in [3.63, 3.8) is 0 Å². The average Bonchev–Trinajstić information content (AvgIpc) is 3.31. The molecule has 8 nitrogen and oxygen atoms in total. The molecule has 3 aromatic rings. The summed E-state index contributed by atoms with van der Waals surface area (Å²) in [6.07, 6.45) is 0. The van der Waals surface area contributed by atoms with E-state index < -0.39 is 5.60 Å². The fourth-order valence-corrected chi connectivity index (χ4v) is 2.99. The van der Waals surface area contributed by atoms with Gasteiger partial charge in [-0.05, 0) is 45.4 Å². The van der Waals surface area contributed by atoms with Gasteiger partial charge in [0.15, 0.2) is 11.8 Å². The molecule has 0 saturated heterocycles. The molecule has 0 spiro atoms. The number of benzene rings is 1. The van der Waals surface area contributed by atoms with Gasteiger partial charge in [-0.15, -0.1) is 34.2 Å². The molecule has 2 aromatic heterocycles. The topological polar surface area (TPSA) is 101 Å². The van der Waals surface area contributed by atoms with E-state index in [2.05, 4.69) is 44.9 Å². The summed E-state index contributed by atoms with van der Waals surface area (Å²) >= 11 is 0. The minimum Gasteiger partial charge on any atom is -0.463 e. The maximum absolute atomic E-state index is 10.9. The number of aliphatic imine (C=N–C) groups is 1. The molecule has 3 rings (SSSR count). The molecule has 1 aromatic carbocycles. The molecule has 0 aliphatic carbocycles. The quantitative estimate of drug-likeness (QED) is 0.243. The maximum atomic E-state index is 10.9. The van der Waals surface area contributed by atoms with Gasteiger partial charge in [-0.25, -0.2) is 4.99 Å². The first-order valence-corrected chi connectivity index (χ1v) is 10.0. The number of guanidine groups is 1. The molecule has 0 fully saturated rings. The number of nitrogens with zero attached hydrogens (tertiary/aromatic N) is 4. The van der Waals surface area contributed by atoms with E-state index in [0.29, 0.717) is 18.3 Å². The fourth-order valence-electron chi connectivity index (χ4n) is 2.99. The molecule has 3 N–H and O–H groups in total. The lowest BCUT2D eigenvalue weighted by molar-refractivity contribution is 0.0377. The van der Waals surface area contributed by atoms with Crippen LogP contribution >= 0.6 is 24.0 Å². The molecule has 0 aliphatic heterocycles. The third kappa shape index (κ3) is 6.54. The SMILES string of the molecule is Cc1ccc(C(C)(O)CNC(=NCc2nnc(C)n2C)NC(C)c2ccccc2)o1.I. The molecule has 0 bridgehead atoms. The first-order chi connectivity index (χ1) is 14.3. The van der Waals surface area contributed by atoms with Crippen LogP contribution in [0.2, 0.25) is 0 Å². The van der Waals surface area contributed by atoms with Gasteiger partial charge in [-0.1, -0.05) is 30.3 Å². The van der Waals surface area contributed by atoms with Crippen molar-refractivity contribution in [3.05, 3.63) is 71.2 Å². The number of aliphatic hydroxyl groups is 1. The summed E-state index contributed by atoms with van der Waals surface area (Å²) in [5, 5.41) is 25.8. The maximum Gasteiger partial charge on any atom is 0.192 e. The molecule has 2 unspecified atom stereocenters. The molecule has 9 heteroatoms. The minimum absolute atomic E-state index is 0. The first-order valence-electron chi connectivity index (χ1n) is 10.0. The number of halogens is 1. The predicted octanol–water partition coefficient (Wildman–Crippen LogP) is 3.35. The van der Waals surface area contributed by atoms with E-state index in [-0.39, 0.29) is 36.6 Å². The van der Waals surface area contributed by atoms with Crippen LogP contribution in [0.4, 0.5) is 0 Å². The smallest absolute Gasteiger partial charge is 0.192 e. The van der Waals surface area contributed by atoms with Gasteiger partial charge < -0.3 is 24.7 Å². The monoisotopic (exact) mass is 538 g/mol. The molecule has 0 aliphatic rings. The van der Waals surface area contributed by atoms with Crippen molar-refractivity contribution in [1.29, 1.82) is 0 Å². The van der Waals surface area contributed by atoms with Gasteiger partial charge in [0.2, 0.25) is 0 Å². The Bertz CT molecular complexity index is 997. The molecule has 2 atom stereocenters. The summed E-state index contributed by atoms with van der Waals surface area (Å²) in [5.74, 6) is 3.42. The number of hydrogen-bond acceptors (Lipinski definition) is 5. The van der Waals surface area contributed by atoms with Crippen molar-refractivity contribution in [1.82, 2.24) is 25.4 Å². The van der Waals surface area contributed by atoms with Gasteiger partial charge in [0.1, 0.15) is 29.5 Å². The Morgan fingerprint density at radius 3 is 2.48 bits per heavy atom. The number of aryl methyl sites for hydroxylation is 2. The van der Waals surface area contributed by atoms with E-state index in [4.69, 9.17) is 4.42 Å². The van der Waals surface area contributed by atoms with Gasteiger partial charge >= 0.3 is 0 Å². The van der Waals surface area contributed by atoms with Crippen LogP contribution in [0.25, 0.3) is 0 Å². The third-order valence-electron chi connectivity index (χ3n) is 5.09. The van der Waals surface area contributed by atoms with Gasteiger partial charge in [-0.2, -0.15) is 0 Å². The minimum atomic E-state index is -1.19. The highest BCUT2D eigenvalue weighted by Crippen LogP contribution is 2.22. The van der Waals surface area contributed by atoms with Crippen molar-refractivity contribution in [2.24, 2.45) is 12.0 Å². The molecular weight excluding hydrogens is 507 g/mol. The summed E-state index contributed by atoms with van der Waals surface area (Å²) in [5.41, 5.74) is -0.0523. The van der Waals surface area contributed by atoms with Crippen molar-refractivity contribution < 1.29 is 9.52 Å². The van der Waals surface area contributed by atoms with Gasteiger partial charge in [0, 0.05) is 7.05 Å². The third-order valence-corrected chi connectivity index (χ3v) is 5.09. The van der Waals surface area contributed by atoms with Crippen LogP contribution in [0.1, 0.15) is 48.6 Å². The lowest BCUT2D eigenvalue weighted by Gasteiger charge is -2.24. The predicted molar refractivity (Wildman–Crippen MR) is 131 cm³/mol. The van der Waals surface area contributed by atoms with E-state index in [1.807, 2.05) is 49.7 Å². The lowest BCUT2D eigenvalue weighted by Crippen LogP contribution is -2.45. The van der Waals surface area contributed by atoms with Gasteiger partial charge in [0.25, 0.3) is 0 Å². The number of aromatic nitrogens is 3. The van der Waals surface area contributed by atoms with Gasteiger partial charge in [0.05, 0.1) is 12.6 Å². The molecular formula is C22H31IN6O2. The average molecular weight is 538 g/mol. The first kappa shape index (κ1) is 24.9. The van der Waals surface area contributed by atoms with E-state index in [9.17, 15) is 5.11 Å². The zero-order valence-electron chi connectivity index (χ0n) is 18.6. The molecule has 168 valence electrons. The number of nitrogens with one attached hydrogen (secondary N) is 2. The van der Waals surface area contributed by atoms with Crippen LogP contribution < -0.4 is 10.6 Å². The van der Waals surface area contributed by atoms with Crippen molar-refractivity contribution in [3.8, 4) is 0 Å². The van der Waals surface area contributed by atoms with Crippen molar-refractivity contribution in [2.75, 3.05) is 6.54 Å².